The second-order valence-corrected chi connectivity index (χ2v) is 4.45. The topological polar surface area (TPSA) is 52.1 Å². The molecule has 88 valence electrons. The van der Waals surface area contributed by atoms with Gasteiger partial charge >= 0.3 is 5.97 Å². The van der Waals surface area contributed by atoms with Crippen molar-refractivity contribution >= 4 is 17.7 Å². The molecule has 1 aromatic rings. The van der Waals surface area contributed by atoms with E-state index in [4.69, 9.17) is 4.74 Å². The van der Waals surface area contributed by atoms with Gasteiger partial charge in [0.25, 0.3) is 0 Å². The lowest BCUT2D eigenvalue weighted by molar-refractivity contribution is 0.0518. The van der Waals surface area contributed by atoms with Crippen molar-refractivity contribution in [3.63, 3.8) is 0 Å². The van der Waals surface area contributed by atoms with Crippen molar-refractivity contribution in [2.24, 2.45) is 0 Å². The molecule has 0 saturated heterocycles. The molecule has 0 spiro atoms. The van der Waals surface area contributed by atoms with E-state index in [0.717, 1.165) is 17.1 Å². The van der Waals surface area contributed by atoms with E-state index in [2.05, 4.69) is 16.9 Å². The first-order chi connectivity index (χ1) is 7.69. The van der Waals surface area contributed by atoms with Crippen LogP contribution < -0.4 is 0 Å². The van der Waals surface area contributed by atoms with Crippen LogP contribution in [0.1, 0.15) is 35.7 Å². The molecule has 4 nitrogen and oxygen atoms in total. The molecular formula is C11H16N2O2S. The Balaban J connectivity index is 2.85. The average molecular weight is 240 g/mol. The number of ether oxygens (including phenoxy) is 1. The molecule has 1 aromatic heterocycles. The van der Waals surface area contributed by atoms with Gasteiger partial charge in [-0.25, -0.2) is 14.8 Å². The van der Waals surface area contributed by atoms with E-state index >= 15 is 0 Å². The summed E-state index contributed by atoms with van der Waals surface area (Å²) in [5.74, 6) is 2.04. The third kappa shape index (κ3) is 3.48. The van der Waals surface area contributed by atoms with Gasteiger partial charge in [-0.15, -0.1) is 0 Å². The lowest BCUT2D eigenvalue weighted by Gasteiger charge is -2.06. The highest BCUT2D eigenvalue weighted by atomic mass is 32.2. The van der Waals surface area contributed by atoms with Crippen LogP contribution in [-0.2, 0) is 10.5 Å². The Hall–Kier alpha value is -1.10. The first-order valence-electron chi connectivity index (χ1n) is 5.26. The van der Waals surface area contributed by atoms with Crippen LogP contribution in [0, 0.1) is 6.92 Å². The monoisotopic (exact) mass is 240 g/mol. The lowest BCUT2D eigenvalue weighted by Crippen LogP contribution is -2.11. The van der Waals surface area contributed by atoms with Gasteiger partial charge in [-0.1, -0.05) is 6.92 Å². The Kier molecular flexibility index (Phi) is 5.25. The van der Waals surface area contributed by atoms with Crippen molar-refractivity contribution in [3.05, 3.63) is 23.3 Å². The summed E-state index contributed by atoms with van der Waals surface area (Å²) in [7, 11) is 0. The molecule has 0 saturated carbocycles. The van der Waals surface area contributed by atoms with Crippen LogP contribution in [0.2, 0.25) is 0 Å². The molecule has 0 radical (unpaired) electrons. The van der Waals surface area contributed by atoms with Crippen molar-refractivity contribution in [1.82, 2.24) is 9.97 Å². The van der Waals surface area contributed by atoms with Gasteiger partial charge in [0.05, 0.1) is 12.4 Å². The average Bonchev–Trinajstić information content (AvgIpc) is 2.28. The Morgan fingerprint density at radius 1 is 1.50 bits per heavy atom. The molecule has 1 rings (SSSR count). The van der Waals surface area contributed by atoms with Crippen LogP contribution in [-0.4, -0.2) is 28.3 Å². The summed E-state index contributed by atoms with van der Waals surface area (Å²) in [5, 5.41) is 0. The van der Waals surface area contributed by atoms with E-state index in [1.807, 2.05) is 6.92 Å². The van der Waals surface area contributed by atoms with E-state index in [1.54, 1.807) is 24.9 Å². The Morgan fingerprint density at radius 3 is 2.88 bits per heavy atom. The quantitative estimate of drug-likeness (QED) is 0.739. The third-order valence-corrected chi connectivity index (χ3v) is 2.80. The molecule has 0 bridgehead atoms. The molecule has 0 aliphatic rings. The van der Waals surface area contributed by atoms with Crippen LogP contribution >= 0.6 is 11.8 Å². The molecule has 0 aliphatic heterocycles. The van der Waals surface area contributed by atoms with E-state index in [0.29, 0.717) is 18.1 Å². The summed E-state index contributed by atoms with van der Waals surface area (Å²) in [6, 6.07) is 0. The fourth-order valence-electron chi connectivity index (χ4n) is 1.15. The SMILES string of the molecule is CCOC(=O)c1nc(CSCC)ncc1C. The summed E-state index contributed by atoms with van der Waals surface area (Å²) in [6.45, 7) is 6.03. The van der Waals surface area contributed by atoms with Gasteiger partial charge in [-0.05, 0) is 19.6 Å². The molecule has 16 heavy (non-hydrogen) atoms. The minimum Gasteiger partial charge on any atom is -0.461 e. The number of nitrogens with zero attached hydrogens (tertiary/aromatic N) is 2. The summed E-state index contributed by atoms with van der Waals surface area (Å²) in [5.41, 5.74) is 1.13. The summed E-state index contributed by atoms with van der Waals surface area (Å²) in [6.07, 6.45) is 1.67. The highest BCUT2D eigenvalue weighted by Crippen LogP contribution is 2.11. The largest absolute Gasteiger partial charge is 0.461 e. The number of aromatic nitrogens is 2. The molecule has 0 fully saturated rings. The lowest BCUT2D eigenvalue weighted by atomic mass is 10.2. The minimum absolute atomic E-state index is 0.362. The van der Waals surface area contributed by atoms with E-state index in [1.165, 1.54) is 0 Å². The molecule has 1 heterocycles. The fraction of sp³-hybridized carbons (Fsp3) is 0.545. The maximum absolute atomic E-state index is 11.6. The van der Waals surface area contributed by atoms with E-state index < -0.39 is 0 Å². The maximum atomic E-state index is 11.6. The summed E-state index contributed by atoms with van der Waals surface area (Å²) < 4.78 is 4.93. The summed E-state index contributed by atoms with van der Waals surface area (Å²) in [4.78, 5) is 20.0. The smallest absolute Gasteiger partial charge is 0.357 e. The highest BCUT2D eigenvalue weighted by molar-refractivity contribution is 7.98. The third-order valence-electron chi connectivity index (χ3n) is 1.93. The molecule has 0 aliphatic carbocycles. The Morgan fingerprint density at radius 2 is 2.25 bits per heavy atom. The molecule has 5 heteroatoms. The molecule has 0 N–H and O–H groups in total. The van der Waals surface area contributed by atoms with Crippen LogP contribution in [0.15, 0.2) is 6.20 Å². The predicted octanol–water partition coefficient (Wildman–Crippen LogP) is 2.21. The van der Waals surface area contributed by atoms with E-state index in [-0.39, 0.29) is 5.97 Å². The second-order valence-electron chi connectivity index (χ2n) is 3.18. The number of hydrogen-bond donors (Lipinski definition) is 0. The number of carbonyl (C=O) groups is 1. The number of hydrogen-bond acceptors (Lipinski definition) is 5. The maximum Gasteiger partial charge on any atom is 0.357 e. The predicted molar refractivity (Wildman–Crippen MR) is 64.6 cm³/mol. The Bertz CT molecular complexity index is 369. The van der Waals surface area contributed by atoms with Gasteiger partial charge in [0, 0.05) is 11.8 Å². The number of carbonyl (C=O) groups excluding carboxylic acids is 1. The number of aryl methyl sites for hydroxylation is 1. The molecule has 0 unspecified atom stereocenters. The van der Waals surface area contributed by atoms with Gasteiger partial charge < -0.3 is 4.74 Å². The zero-order chi connectivity index (χ0) is 12.0. The van der Waals surface area contributed by atoms with Gasteiger partial charge in [0.2, 0.25) is 0 Å². The Labute approximate surface area is 99.8 Å². The van der Waals surface area contributed by atoms with Crippen molar-refractivity contribution in [2.75, 3.05) is 12.4 Å². The number of thioether (sulfide) groups is 1. The summed E-state index contributed by atoms with van der Waals surface area (Å²) >= 11 is 1.72. The molecule has 0 aromatic carbocycles. The van der Waals surface area contributed by atoms with Gasteiger partial charge in [0.15, 0.2) is 5.69 Å². The normalized spacial score (nSPS) is 10.2. The molecule has 0 atom stereocenters. The van der Waals surface area contributed by atoms with Gasteiger partial charge in [-0.2, -0.15) is 11.8 Å². The molecule has 0 amide bonds. The standard InChI is InChI=1S/C11H16N2O2S/c1-4-15-11(14)10-8(3)6-12-9(13-10)7-16-5-2/h6H,4-5,7H2,1-3H3. The van der Waals surface area contributed by atoms with Crippen LogP contribution in [0.3, 0.4) is 0 Å². The number of rotatable bonds is 5. The highest BCUT2D eigenvalue weighted by Gasteiger charge is 2.13. The molecular weight excluding hydrogens is 224 g/mol. The van der Waals surface area contributed by atoms with Gasteiger partial charge in [-0.3, -0.25) is 0 Å². The van der Waals surface area contributed by atoms with E-state index in [9.17, 15) is 4.79 Å². The first-order valence-corrected chi connectivity index (χ1v) is 6.41. The van der Waals surface area contributed by atoms with Crippen molar-refractivity contribution < 1.29 is 9.53 Å². The zero-order valence-corrected chi connectivity index (χ0v) is 10.6. The van der Waals surface area contributed by atoms with Gasteiger partial charge in [0.1, 0.15) is 5.82 Å². The van der Waals surface area contributed by atoms with Crippen LogP contribution in [0.4, 0.5) is 0 Å². The number of esters is 1. The van der Waals surface area contributed by atoms with Crippen LogP contribution in [0.25, 0.3) is 0 Å². The zero-order valence-electron chi connectivity index (χ0n) is 9.82. The second kappa shape index (κ2) is 6.48. The fourth-order valence-corrected chi connectivity index (χ4v) is 1.67. The van der Waals surface area contributed by atoms with Crippen molar-refractivity contribution in [1.29, 1.82) is 0 Å². The first kappa shape index (κ1) is 13.0. The van der Waals surface area contributed by atoms with Crippen LogP contribution in [0.5, 0.6) is 0 Å². The minimum atomic E-state index is -0.370. The van der Waals surface area contributed by atoms with Crippen molar-refractivity contribution in [2.45, 2.75) is 26.5 Å². The van der Waals surface area contributed by atoms with Crippen molar-refractivity contribution in [3.8, 4) is 0 Å².